The predicted octanol–water partition coefficient (Wildman–Crippen LogP) is 1.55. The summed E-state index contributed by atoms with van der Waals surface area (Å²) >= 11 is 6.05. The summed E-state index contributed by atoms with van der Waals surface area (Å²) in [6.45, 7) is 4.75. The van der Waals surface area contributed by atoms with Gasteiger partial charge in [0.1, 0.15) is 0 Å². The Morgan fingerprint density at radius 1 is 1.43 bits per heavy atom. The molecular formula is C15H22Cl2N4O2. The van der Waals surface area contributed by atoms with Crippen LogP contribution in [0.3, 0.4) is 0 Å². The third-order valence-electron chi connectivity index (χ3n) is 3.52. The number of halogens is 2. The van der Waals surface area contributed by atoms with Crippen LogP contribution in [-0.4, -0.2) is 49.6 Å². The van der Waals surface area contributed by atoms with Crippen LogP contribution in [0.25, 0.3) is 0 Å². The second-order valence-electron chi connectivity index (χ2n) is 5.15. The molecule has 1 aliphatic heterocycles. The molecule has 0 spiro atoms. The smallest absolute Gasteiger partial charge is 0.321 e. The number of urea groups is 1. The number of amides is 3. The lowest BCUT2D eigenvalue weighted by Gasteiger charge is -2.36. The second-order valence-corrected chi connectivity index (χ2v) is 5.59. The van der Waals surface area contributed by atoms with Crippen molar-refractivity contribution in [1.82, 2.24) is 20.9 Å². The van der Waals surface area contributed by atoms with Gasteiger partial charge in [0.2, 0.25) is 5.91 Å². The molecule has 0 aliphatic carbocycles. The molecule has 6 nitrogen and oxygen atoms in total. The largest absolute Gasteiger partial charge is 0.338 e. The van der Waals surface area contributed by atoms with Crippen LogP contribution in [-0.2, 0) is 4.79 Å². The quantitative estimate of drug-likeness (QED) is 0.761. The fourth-order valence-corrected chi connectivity index (χ4v) is 2.73. The average Bonchev–Trinajstić information content (AvgIpc) is 2.47. The van der Waals surface area contributed by atoms with E-state index in [1.165, 1.54) is 0 Å². The highest BCUT2D eigenvalue weighted by atomic mass is 35.5. The third-order valence-corrected chi connectivity index (χ3v) is 3.76. The van der Waals surface area contributed by atoms with E-state index in [-0.39, 0.29) is 30.9 Å². The van der Waals surface area contributed by atoms with E-state index in [2.05, 4.69) is 20.9 Å². The Morgan fingerprint density at radius 3 is 2.91 bits per heavy atom. The Bertz CT molecular complexity index is 542. The Kier molecular flexibility index (Phi) is 8.33. The molecule has 1 aliphatic rings. The fourth-order valence-electron chi connectivity index (χ4n) is 2.53. The second kappa shape index (κ2) is 9.72. The first-order valence-corrected chi connectivity index (χ1v) is 7.76. The molecule has 8 heteroatoms. The first-order valence-electron chi connectivity index (χ1n) is 7.38. The third kappa shape index (κ3) is 5.99. The number of nitrogens with zero attached hydrogens (tertiary/aromatic N) is 1. The maximum absolute atomic E-state index is 12.0. The Morgan fingerprint density at radius 2 is 2.22 bits per heavy atom. The molecule has 0 aromatic heterocycles. The van der Waals surface area contributed by atoms with Gasteiger partial charge in [0.25, 0.3) is 0 Å². The van der Waals surface area contributed by atoms with Crippen LogP contribution >= 0.6 is 24.0 Å². The normalized spacial score (nSPS) is 17.9. The standard InChI is InChI=1S/C15H21ClN4O2.ClH/c1-2-18-15(22)19-14(21)10-20-7-6-17-9-13(20)11-4-3-5-12(16)8-11;/h3-5,8,13,17H,2,6-7,9-10H2,1H3,(H2,18,19,21,22);1H. The Hall–Kier alpha value is -1.34. The van der Waals surface area contributed by atoms with E-state index in [0.29, 0.717) is 11.6 Å². The zero-order chi connectivity index (χ0) is 15.9. The molecule has 0 saturated carbocycles. The minimum atomic E-state index is -0.457. The van der Waals surface area contributed by atoms with Gasteiger partial charge >= 0.3 is 6.03 Å². The molecule has 1 atom stereocenters. The summed E-state index contributed by atoms with van der Waals surface area (Å²) < 4.78 is 0. The summed E-state index contributed by atoms with van der Waals surface area (Å²) in [5.41, 5.74) is 1.06. The minimum Gasteiger partial charge on any atom is -0.338 e. The summed E-state index contributed by atoms with van der Waals surface area (Å²) in [7, 11) is 0. The molecule has 23 heavy (non-hydrogen) atoms. The monoisotopic (exact) mass is 360 g/mol. The summed E-state index contributed by atoms with van der Waals surface area (Å²) in [5.74, 6) is -0.306. The van der Waals surface area contributed by atoms with Crippen molar-refractivity contribution < 1.29 is 9.59 Å². The number of carbonyl (C=O) groups excluding carboxylic acids is 2. The summed E-state index contributed by atoms with van der Waals surface area (Å²) in [5, 5.41) is 8.88. The van der Waals surface area contributed by atoms with Crippen LogP contribution in [0.5, 0.6) is 0 Å². The maximum atomic E-state index is 12.0. The van der Waals surface area contributed by atoms with Gasteiger partial charge in [0, 0.05) is 37.2 Å². The van der Waals surface area contributed by atoms with Crippen LogP contribution in [0.15, 0.2) is 24.3 Å². The fraction of sp³-hybridized carbons (Fsp3) is 0.467. The highest BCUT2D eigenvalue weighted by Crippen LogP contribution is 2.24. The molecular weight excluding hydrogens is 339 g/mol. The van der Waals surface area contributed by atoms with Crippen molar-refractivity contribution in [3.63, 3.8) is 0 Å². The van der Waals surface area contributed by atoms with E-state index in [1.807, 2.05) is 24.3 Å². The van der Waals surface area contributed by atoms with Crippen molar-refractivity contribution in [1.29, 1.82) is 0 Å². The summed E-state index contributed by atoms with van der Waals surface area (Å²) in [6.07, 6.45) is 0. The lowest BCUT2D eigenvalue weighted by Crippen LogP contribution is -2.51. The molecule has 1 heterocycles. The van der Waals surface area contributed by atoms with E-state index in [1.54, 1.807) is 6.92 Å². The number of hydrogen-bond donors (Lipinski definition) is 3. The SMILES string of the molecule is CCNC(=O)NC(=O)CN1CCNCC1c1cccc(Cl)c1.Cl. The maximum Gasteiger partial charge on any atom is 0.321 e. The van der Waals surface area contributed by atoms with Gasteiger partial charge in [0.05, 0.1) is 6.54 Å². The Labute approximate surface area is 147 Å². The van der Waals surface area contributed by atoms with Crippen molar-refractivity contribution >= 4 is 35.9 Å². The van der Waals surface area contributed by atoms with Gasteiger partial charge in [-0.25, -0.2) is 4.79 Å². The Balaban J connectivity index is 0.00000264. The zero-order valence-corrected chi connectivity index (χ0v) is 14.5. The van der Waals surface area contributed by atoms with E-state index in [4.69, 9.17) is 11.6 Å². The van der Waals surface area contributed by atoms with Crippen LogP contribution in [0.2, 0.25) is 5.02 Å². The number of benzene rings is 1. The molecule has 1 saturated heterocycles. The number of rotatable bonds is 4. The number of hydrogen-bond acceptors (Lipinski definition) is 4. The van der Waals surface area contributed by atoms with Crippen molar-refractivity contribution in [2.45, 2.75) is 13.0 Å². The molecule has 1 aromatic carbocycles. The topological polar surface area (TPSA) is 73.5 Å². The van der Waals surface area contributed by atoms with E-state index in [9.17, 15) is 9.59 Å². The van der Waals surface area contributed by atoms with Crippen molar-refractivity contribution in [2.24, 2.45) is 0 Å². The molecule has 128 valence electrons. The van der Waals surface area contributed by atoms with Gasteiger partial charge in [-0.15, -0.1) is 12.4 Å². The average molecular weight is 361 g/mol. The van der Waals surface area contributed by atoms with Gasteiger partial charge in [-0.1, -0.05) is 23.7 Å². The zero-order valence-electron chi connectivity index (χ0n) is 13.0. The van der Waals surface area contributed by atoms with Gasteiger partial charge in [-0.2, -0.15) is 0 Å². The molecule has 1 unspecified atom stereocenters. The van der Waals surface area contributed by atoms with Crippen LogP contribution < -0.4 is 16.0 Å². The van der Waals surface area contributed by atoms with Crippen LogP contribution in [0.1, 0.15) is 18.5 Å². The van der Waals surface area contributed by atoms with Crippen molar-refractivity contribution in [2.75, 3.05) is 32.7 Å². The first kappa shape index (κ1) is 19.7. The van der Waals surface area contributed by atoms with Crippen molar-refractivity contribution in [3.8, 4) is 0 Å². The van der Waals surface area contributed by atoms with Gasteiger partial charge in [-0.05, 0) is 24.6 Å². The molecule has 2 rings (SSSR count). The van der Waals surface area contributed by atoms with E-state index < -0.39 is 6.03 Å². The van der Waals surface area contributed by atoms with Gasteiger partial charge < -0.3 is 10.6 Å². The van der Waals surface area contributed by atoms with Crippen LogP contribution in [0, 0.1) is 0 Å². The molecule has 1 aromatic rings. The van der Waals surface area contributed by atoms with E-state index in [0.717, 1.165) is 25.2 Å². The molecule has 0 bridgehead atoms. The predicted molar refractivity (Wildman–Crippen MR) is 93.1 cm³/mol. The molecule has 0 radical (unpaired) electrons. The molecule has 3 amide bonds. The summed E-state index contributed by atoms with van der Waals surface area (Å²) in [6, 6.07) is 7.24. The lowest BCUT2D eigenvalue weighted by atomic mass is 10.0. The minimum absolute atomic E-state index is 0. The van der Waals surface area contributed by atoms with Gasteiger partial charge in [-0.3, -0.25) is 15.0 Å². The number of piperazine rings is 1. The molecule has 1 fully saturated rings. The number of carbonyl (C=O) groups is 2. The van der Waals surface area contributed by atoms with Gasteiger partial charge in [0.15, 0.2) is 0 Å². The highest BCUT2D eigenvalue weighted by molar-refractivity contribution is 6.30. The summed E-state index contributed by atoms with van der Waals surface area (Å²) in [4.78, 5) is 25.4. The molecule has 3 N–H and O–H groups in total. The number of imide groups is 1. The highest BCUT2D eigenvalue weighted by Gasteiger charge is 2.26. The van der Waals surface area contributed by atoms with Crippen LogP contribution in [0.4, 0.5) is 4.79 Å². The van der Waals surface area contributed by atoms with Crippen molar-refractivity contribution in [3.05, 3.63) is 34.9 Å². The number of nitrogens with one attached hydrogen (secondary N) is 3. The first-order chi connectivity index (χ1) is 10.6. The lowest BCUT2D eigenvalue weighted by molar-refractivity contribution is -0.122. The van der Waals surface area contributed by atoms with E-state index >= 15 is 0 Å².